The zero-order chi connectivity index (χ0) is 12.4. The van der Waals surface area contributed by atoms with Gasteiger partial charge in [-0.1, -0.05) is 13.8 Å². The van der Waals surface area contributed by atoms with E-state index in [0.29, 0.717) is 30.1 Å². The monoisotopic (exact) mass is 237 g/mol. The molecule has 1 N–H and O–H groups in total. The Kier molecular flexibility index (Phi) is 3.31. The Morgan fingerprint density at radius 3 is 2.47 bits per heavy atom. The van der Waals surface area contributed by atoms with Crippen LogP contribution >= 0.6 is 0 Å². The normalized spacial score (nSPS) is 18.1. The molecule has 2 rings (SSSR count). The maximum absolute atomic E-state index is 5.74. The lowest BCUT2D eigenvalue weighted by atomic mass is 10.0. The number of rotatable bonds is 3. The van der Waals surface area contributed by atoms with Crippen molar-refractivity contribution in [3.63, 3.8) is 0 Å². The highest BCUT2D eigenvalue weighted by Crippen LogP contribution is 2.40. The Morgan fingerprint density at radius 1 is 1.24 bits per heavy atom. The molecule has 0 radical (unpaired) electrons. The molecule has 0 fully saturated rings. The molecule has 0 aliphatic carbocycles. The van der Waals surface area contributed by atoms with E-state index in [2.05, 4.69) is 19.2 Å². The quantitative estimate of drug-likeness (QED) is 0.877. The van der Waals surface area contributed by atoms with Crippen LogP contribution in [-0.4, -0.2) is 26.9 Å². The van der Waals surface area contributed by atoms with E-state index in [-0.39, 0.29) is 0 Å². The Labute approximate surface area is 102 Å². The zero-order valence-electron chi connectivity index (χ0n) is 10.7. The lowest BCUT2D eigenvalue weighted by Crippen LogP contribution is -2.35. The van der Waals surface area contributed by atoms with Crippen molar-refractivity contribution in [3.05, 3.63) is 12.1 Å². The molecular formula is C13H19NO3. The summed E-state index contributed by atoms with van der Waals surface area (Å²) in [7, 11) is 3.26. The first-order valence-electron chi connectivity index (χ1n) is 5.81. The first-order valence-corrected chi connectivity index (χ1v) is 5.81. The Hall–Kier alpha value is -1.58. The third-order valence-corrected chi connectivity index (χ3v) is 3.05. The summed E-state index contributed by atoms with van der Waals surface area (Å²) in [4.78, 5) is 0. The summed E-state index contributed by atoms with van der Waals surface area (Å²) in [5.74, 6) is 2.75. The van der Waals surface area contributed by atoms with Crippen molar-refractivity contribution in [2.24, 2.45) is 5.92 Å². The SMILES string of the molecule is COc1cc2c(cc1OC)OCC(C(C)C)N2. The summed E-state index contributed by atoms with van der Waals surface area (Å²) in [6.45, 7) is 5.03. The van der Waals surface area contributed by atoms with Crippen molar-refractivity contribution in [2.45, 2.75) is 19.9 Å². The number of fused-ring (bicyclic) bond motifs is 1. The summed E-state index contributed by atoms with van der Waals surface area (Å²) < 4.78 is 16.3. The molecule has 94 valence electrons. The van der Waals surface area contributed by atoms with E-state index in [4.69, 9.17) is 14.2 Å². The lowest BCUT2D eigenvalue weighted by molar-refractivity contribution is 0.254. The van der Waals surface area contributed by atoms with Gasteiger partial charge in [0.2, 0.25) is 0 Å². The third kappa shape index (κ3) is 2.25. The molecule has 0 amide bonds. The first-order chi connectivity index (χ1) is 8.15. The molecule has 0 spiro atoms. The number of ether oxygens (including phenoxy) is 3. The number of benzene rings is 1. The average Bonchev–Trinajstić information content (AvgIpc) is 2.36. The van der Waals surface area contributed by atoms with Crippen LogP contribution in [0.25, 0.3) is 0 Å². The largest absolute Gasteiger partial charge is 0.493 e. The molecule has 1 aromatic carbocycles. The molecule has 0 saturated carbocycles. The standard InChI is InChI=1S/C13H19NO3/c1-8(2)10-7-17-11-6-13(16-4)12(15-3)5-9(11)14-10/h5-6,8,10,14H,7H2,1-4H3. The van der Waals surface area contributed by atoms with E-state index >= 15 is 0 Å². The van der Waals surface area contributed by atoms with Crippen LogP contribution in [-0.2, 0) is 0 Å². The molecule has 1 heterocycles. The van der Waals surface area contributed by atoms with Gasteiger partial charge in [0.1, 0.15) is 12.4 Å². The molecule has 1 atom stereocenters. The van der Waals surface area contributed by atoms with E-state index < -0.39 is 0 Å². The van der Waals surface area contributed by atoms with Crippen molar-refractivity contribution in [2.75, 3.05) is 26.1 Å². The first kappa shape index (κ1) is 11.9. The van der Waals surface area contributed by atoms with Crippen LogP contribution in [0.3, 0.4) is 0 Å². The number of hydrogen-bond donors (Lipinski definition) is 1. The average molecular weight is 237 g/mol. The van der Waals surface area contributed by atoms with E-state index in [0.717, 1.165) is 11.4 Å². The summed E-state index contributed by atoms with van der Waals surface area (Å²) in [5, 5.41) is 3.46. The second-order valence-corrected chi connectivity index (χ2v) is 4.51. The van der Waals surface area contributed by atoms with Gasteiger partial charge in [-0.3, -0.25) is 0 Å². The van der Waals surface area contributed by atoms with Gasteiger partial charge >= 0.3 is 0 Å². The molecule has 4 nitrogen and oxygen atoms in total. The van der Waals surface area contributed by atoms with Crippen LogP contribution in [0.1, 0.15) is 13.8 Å². The summed E-state index contributed by atoms with van der Waals surface area (Å²) in [6.07, 6.45) is 0. The minimum atomic E-state index is 0.334. The molecule has 0 saturated heterocycles. The van der Waals surface area contributed by atoms with E-state index in [9.17, 15) is 0 Å². The highest BCUT2D eigenvalue weighted by atomic mass is 16.5. The second kappa shape index (κ2) is 4.73. The van der Waals surface area contributed by atoms with Crippen molar-refractivity contribution in [1.82, 2.24) is 0 Å². The molecule has 1 aromatic rings. The van der Waals surface area contributed by atoms with E-state index in [1.54, 1.807) is 14.2 Å². The van der Waals surface area contributed by atoms with Crippen LogP contribution in [0, 0.1) is 5.92 Å². The Balaban J connectivity index is 2.32. The fraction of sp³-hybridized carbons (Fsp3) is 0.538. The van der Waals surface area contributed by atoms with Crippen LogP contribution in [0.15, 0.2) is 12.1 Å². The van der Waals surface area contributed by atoms with Gasteiger partial charge in [-0.25, -0.2) is 0 Å². The number of anilines is 1. The molecule has 4 heteroatoms. The van der Waals surface area contributed by atoms with Gasteiger partial charge < -0.3 is 19.5 Å². The predicted octanol–water partition coefficient (Wildman–Crippen LogP) is 2.53. The fourth-order valence-corrected chi connectivity index (χ4v) is 1.87. The van der Waals surface area contributed by atoms with Crippen molar-refractivity contribution in [1.29, 1.82) is 0 Å². The van der Waals surface area contributed by atoms with Gasteiger partial charge in [-0.2, -0.15) is 0 Å². The van der Waals surface area contributed by atoms with Gasteiger partial charge in [0.05, 0.1) is 25.9 Å². The third-order valence-electron chi connectivity index (χ3n) is 3.05. The summed E-state index contributed by atoms with van der Waals surface area (Å²) >= 11 is 0. The van der Waals surface area contributed by atoms with Crippen molar-refractivity contribution < 1.29 is 14.2 Å². The molecular weight excluding hydrogens is 218 g/mol. The van der Waals surface area contributed by atoms with E-state index in [1.165, 1.54) is 0 Å². The van der Waals surface area contributed by atoms with Gasteiger partial charge in [-0.05, 0) is 5.92 Å². The molecule has 0 aromatic heterocycles. The lowest BCUT2D eigenvalue weighted by Gasteiger charge is -2.30. The minimum Gasteiger partial charge on any atom is -0.493 e. The molecule has 1 unspecified atom stereocenters. The molecule has 1 aliphatic heterocycles. The van der Waals surface area contributed by atoms with Gasteiger partial charge in [0.15, 0.2) is 11.5 Å². The highest BCUT2D eigenvalue weighted by Gasteiger charge is 2.23. The highest BCUT2D eigenvalue weighted by molar-refractivity contribution is 5.66. The number of nitrogens with one attached hydrogen (secondary N) is 1. The number of methoxy groups -OCH3 is 2. The molecule has 1 aliphatic rings. The molecule has 17 heavy (non-hydrogen) atoms. The van der Waals surface area contributed by atoms with Gasteiger partial charge in [0.25, 0.3) is 0 Å². The van der Waals surface area contributed by atoms with Gasteiger partial charge in [-0.15, -0.1) is 0 Å². The van der Waals surface area contributed by atoms with Crippen molar-refractivity contribution >= 4 is 5.69 Å². The van der Waals surface area contributed by atoms with E-state index in [1.807, 2.05) is 12.1 Å². The maximum atomic E-state index is 5.74. The number of hydrogen-bond acceptors (Lipinski definition) is 4. The van der Waals surface area contributed by atoms with Crippen molar-refractivity contribution in [3.8, 4) is 17.2 Å². The minimum absolute atomic E-state index is 0.334. The zero-order valence-corrected chi connectivity index (χ0v) is 10.7. The maximum Gasteiger partial charge on any atom is 0.164 e. The second-order valence-electron chi connectivity index (χ2n) is 4.51. The van der Waals surface area contributed by atoms with Crippen LogP contribution in [0.2, 0.25) is 0 Å². The van der Waals surface area contributed by atoms with Crippen LogP contribution in [0.4, 0.5) is 5.69 Å². The smallest absolute Gasteiger partial charge is 0.164 e. The summed E-state index contributed by atoms with van der Waals surface area (Å²) in [5.41, 5.74) is 0.965. The van der Waals surface area contributed by atoms with Crippen LogP contribution < -0.4 is 19.5 Å². The van der Waals surface area contributed by atoms with Gasteiger partial charge in [0, 0.05) is 12.1 Å². The van der Waals surface area contributed by atoms with Crippen LogP contribution in [0.5, 0.6) is 17.2 Å². The Bertz CT molecular complexity index is 404. The summed E-state index contributed by atoms with van der Waals surface area (Å²) in [6, 6.07) is 4.11. The predicted molar refractivity (Wildman–Crippen MR) is 67.3 cm³/mol. The Morgan fingerprint density at radius 2 is 1.88 bits per heavy atom. The topological polar surface area (TPSA) is 39.7 Å². The molecule has 0 bridgehead atoms. The fourth-order valence-electron chi connectivity index (χ4n) is 1.87.